The Morgan fingerprint density at radius 2 is 2.25 bits per heavy atom. The van der Waals surface area contributed by atoms with Crippen LogP contribution in [-0.4, -0.2) is 21.0 Å². The molecule has 0 unspecified atom stereocenters. The molecule has 5 nitrogen and oxygen atoms in total. The molecule has 104 valence electrons. The van der Waals surface area contributed by atoms with E-state index in [0.717, 1.165) is 24.2 Å². The maximum absolute atomic E-state index is 12.1. The average molecular weight is 336 g/mol. The number of aryl methyl sites for hydroxylation is 1. The molecule has 0 aliphatic heterocycles. The quantitative estimate of drug-likeness (QED) is 0.753. The summed E-state index contributed by atoms with van der Waals surface area (Å²) in [6, 6.07) is 3.50. The lowest BCUT2D eigenvalue weighted by atomic mass is 10.2. The Bertz CT molecular complexity index is 677. The summed E-state index contributed by atoms with van der Waals surface area (Å²) in [7, 11) is 0. The molecule has 3 N–H and O–H groups in total. The van der Waals surface area contributed by atoms with Crippen molar-refractivity contribution >= 4 is 27.5 Å². The number of imidazole rings is 1. The summed E-state index contributed by atoms with van der Waals surface area (Å²) in [6.07, 6.45) is 3.78. The van der Waals surface area contributed by atoms with Crippen LogP contribution in [-0.2, 0) is 0 Å². The molecule has 1 aliphatic carbocycles. The highest BCUT2D eigenvalue weighted by Gasteiger charge is 2.27. The molecule has 1 aromatic carbocycles. The average Bonchev–Trinajstić information content (AvgIpc) is 3.13. The molecule has 1 fully saturated rings. The summed E-state index contributed by atoms with van der Waals surface area (Å²) in [6.45, 7) is 1.89. The second-order valence-corrected chi connectivity index (χ2v) is 5.91. The maximum atomic E-state index is 12.1. The Kier molecular flexibility index (Phi) is 3.25. The number of phenols is 1. The highest BCUT2D eigenvalue weighted by atomic mass is 79.9. The van der Waals surface area contributed by atoms with Crippen LogP contribution >= 0.6 is 15.9 Å². The van der Waals surface area contributed by atoms with Crippen LogP contribution in [0.15, 0.2) is 22.8 Å². The van der Waals surface area contributed by atoms with E-state index in [1.54, 1.807) is 12.1 Å². The van der Waals surface area contributed by atoms with Gasteiger partial charge in [-0.15, -0.1) is 0 Å². The molecule has 1 saturated carbocycles. The van der Waals surface area contributed by atoms with Crippen molar-refractivity contribution in [3.05, 3.63) is 39.9 Å². The molecule has 3 rings (SSSR count). The highest BCUT2D eigenvalue weighted by Crippen LogP contribution is 2.38. The number of anilines is 1. The van der Waals surface area contributed by atoms with Crippen molar-refractivity contribution in [3.8, 4) is 5.75 Å². The van der Waals surface area contributed by atoms with Gasteiger partial charge < -0.3 is 15.4 Å². The molecular formula is C14H14BrN3O2. The SMILES string of the molecule is Cc1cc(Br)c(O)c(NC(=O)c2cnc(C3CC3)[nH]2)c1. The van der Waals surface area contributed by atoms with Crippen LogP contribution in [0.1, 0.15) is 40.6 Å². The van der Waals surface area contributed by atoms with Gasteiger partial charge in [-0.1, -0.05) is 0 Å². The number of amides is 1. The van der Waals surface area contributed by atoms with Crippen molar-refractivity contribution in [2.24, 2.45) is 0 Å². The summed E-state index contributed by atoms with van der Waals surface area (Å²) >= 11 is 3.25. The number of aromatic hydroxyl groups is 1. The zero-order valence-corrected chi connectivity index (χ0v) is 12.5. The van der Waals surface area contributed by atoms with Crippen LogP contribution in [0, 0.1) is 6.92 Å². The number of rotatable bonds is 3. The van der Waals surface area contributed by atoms with Crippen molar-refractivity contribution in [1.29, 1.82) is 0 Å². The van der Waals surface area contributed by atoms with Crippen molar-refractivity contribution in [1.82, 2.24) is 9.97 Å². The van der Waals surface area contributed by atoms with Gasteiger partial charge in [0.05, 0.1) is 16.4 Å². The monoisotopic (exact) mass is 335 g/mol. The van der Waals surface area contributed by atoms with Crippen molar-refractivity contribution in [3.63, 3.8) is 0 Å². The minimum atomic E-state index is -0.308. The zero-order chi connectivity index (χ0) is 14.3. The number of aromatic amines is 1. The van der Waals surface area contributed by atoms with Crippen LogP contribution in [0.3, 0.4) is 0 Å². The topological polar surface area (TPSA) is 78.0 Å². The van der Waals surface area contributed by atoms with Crippen LogP contribution in [0.4, 0.5) is 5.69 Å². The molecule has 1 aromatic heterocycles. The van der Waals surface area contributed by atoms with Gasteiger partial charge in [0.1, 0.15) is 11.5 Å². The first kappa shape index (κ1) is 13.2. The number of carbonyl (C=O) groups is 1. The Hall–Kier alpha value is -1.82. The third-order valence-electron chi connectivity index (χ3n) is 3.26. The van der Waals surface area contributed by atoms with E-state index in [0.29, 0.717) is 21.8 Å². The summed E-state index contributed by atoms with van der Waals surface area (Å²) in [4.78, 5) is 19.4. The van der Waals surface area contributed by atoms with Gasteiger partial charge in [-0.3, -0.25) is 4.79 Å². The number of nitrogens with zero attached hydrogens (tertiary/aromatic N) is 1. The van der Waals surface area contributed by atoms with Crippen molar-refractivity contribution in [2.75, 3.05) is 5.32 Å². The van der Waals surface area contributed by atoms with Gasteiger partial charge in [-0.05, 0) is 53.4 Å². The predicted molar refractivity (Wildman–Crippen MR) is 79.1 cm³/mol. The van der Waals surface area contributed by atoms with Crippen LogP contribution in [0.5, 0.6) is 5.75 Å². The second-order valence-electron chi connectivity index (χ2n) is 5.05. The third kappa shape index (κ3) is 2.56. The van der Waals surface area contributed by atoms with Crippen LogP contribution < -0.4 is 5.32 Å². The standard InChI is InChI=1S/C14H14BrN3O2/c1-7-4-9(15)12(19)10(5-7)18-14(20)11-6-16-13(17-11)8-2-3-8/h4-6,8,19H,2-3H2,1H3,(H,16,17)(H,18,20). The first-order valence-corrected chi connectivity index (χ1v) is 7.19. The van der Waals surface area contributed by atoms with Crippen molar-refractivity contribution in [2.45, 2.75) is 25.7 Å². The van der Waals surface area contributed by atoms with E-state index < -0.39 is 0 Å². The largest absolute Gasteiger partial charge is 0.505 e. The number of aromatic nitrogens is 2. The normalized spacial score (nSPS) is 14.3. The fourth-order valence-electron chi connectivity index (χ4n) is 2.04. The Morgan fingerprint density at radius 3 is 2.95 bits per heavy atom. The van der Waals surface area contributed by atoms with E-state index in [1.807, 2.05) is 6.92 Å². The van der Waals surface area contributed by atoms with E-state index >= 15 is 0 Å². The maximum Gasteiger partial charge on any atom is 0.273 e. The Balaban J connectivity index is 1.81. The molecule has 20 heavy (non-hydrogen) atoms. The number of benzene rings is 1. The van der Waals surface area contributed by atoms with E-state index in [2.05, 4.69) is 31.2 Å². The van der Waals surface area contributed by atoms with Gasteiger partial charge in [-0.25, -0.2) is 4.98 Å². The summed E-state index contributed by atoms with van der Waals surface area (Å²) in [5, 5.41) is 12.6. The van der Waals surface area contributed by atoms with E-state index in [9.17, 15) is 9.90 Å². The molecule has 0 saturated heterocycles. The predicted octanol–water partition coefficient (Wildman–Crippen LogP) is 3.32. The fraction of sp³-hybridized carbons (Fsp3) is 0.286. The first-order chi connectivity index (χ1) is 9.54. The smallest absolute Gasteiger partial charge is 0.273 e. The number of hydrogen-bond donors (Lipinski definition) is 3. The van der Waals surface area contributed by atoms with E-state index in [4.69, 9.17) is 0 Å². The fourth-order valence-corrected chi connectivity index (χ4v) is 2.61. The summed E-state index contributed by atoms with van der Waals surface area (Å²) in [5.41, 5.74) is 1.72. The number of hydrogen-bond acceptors (Lipinski definition) is 3. The molecular weight excluding hydrogens is 322 g/mol. The molecule has 6 heteroatoms. The number of halogens is 1. The van der Waals surface area contributed by atoms with E-state index in [1.165, 1.54) is 6.20 Å². The van der Waals surface area contributed by atoms with Gasteiger partial charge in [0.25, 0.3) is 5.91 Å². The lowest BCUT2D eigenvalue weighted by Gasteiger charge is -2.09. The highest BCUT2D eigenvalue weighted by molar-refractivity contribution is 9.10. The van der Waals surface area contributed by atoms with Gasteiger partial charge in [0.2, 0.25) is 0 Å². The molecule has 1 amide bonds. The van der Waals surface area contributed by atoms with Gasteiger partial charge >= 0.3 is 0 Å². The molecule has 0 radical (unpaired) electrons. The molecule has 0 atom stereocenters. The number of phenolic OH excluding ortho intramolecular Hbond substituents is 1. The van der Waals surface area contributed by atoms with E-state index in [-0.39, 0.29) is 11.7 Å². The molecule has 1 heterocycles. The molecule has 0 bridgehead atoms. The Labute approximate surface area is 124 Å². The number of H-pyrrole nitrogens is 1. The van der Waals surface area contributed by atoms with Gasteiger partial charge in [0, 0.05) is 5.92 Å². The minimum absolute atomic E-state index is 0.0193. The lowest BCUT2D eigenvalue weighted by molar-refractivity contribution is 0.102. The number of carbonyl (C=O) groups excluding carboxylic acids is 1. The zero-order valence-electron chi connectivity index (χ0n) is 10.9. The Morgan fingerprint density at radius 1 is 1.50 bits per heavy atom. The molecule has 2 aromatic rings. The first-order valence-electron chi connectivity index (χ1n) is 6.40. The molecule has 1 aliphatic rings. The second kappa shape index (κ2) is 4.94. The minimum Gasteiger partial charge on any atom is -0.505 e. The summed E-state index contributed by atoms with van der Waals surface area (Å²) in [5.74, 6) is 1.05. The van der Waals surface area contributed by atoms with Gasteiger partial charge in [-0.2, -0.15) is 0 Å². The molecule has 0 spiro atoms. The van der Waals surface area contributed by atoms with Gasteiger partial charge in [0.15, 0.2) is 5.75 Å². The number of nitrogens with one attached hydrogen (secondary N) is 2. The summed E-state index contributed by atoms with van der Waals surface area (Å²) < 4.78 is 0.552. The van der Waals surface area contributed by atoms with Crippen LogP contribution in [0.2, 0.25) is 0 Å². The lowest BCUT2D eigenvalue weighted by Crippen LogP contribution is -2.12. The van der Waals surface area contributed by atoms with Crippen molar-refractivity contribution < 1.29 is 9.90 Å². The third-order valence-corrected chi connectivity index (χ3v) is 3.86. The van der Waals surface area contributed by atoms with Crippen LogP contribution in [0.25, 0.3) is 0 Å².